The Balaban J connectivity index is 1.28. The number of aromatic nitrogens is 3. The summed E-state index contributed by atoms with van der Waals surface area (Å²) in [6.45, 7) is 7.99. The van der Waals surface area contributed by atoms with Gasteiger partial charge in [-0.05, 0) is 85.8 Å². The molecule has 0 fully saturated rings. The molecule has 9 rings (SSSR count). The van der Waals surface area contributed by atoms with E-state index in [1.54, 1.807) is 0 Å². The van der Waals surface area contributed by atoms with Crippen LogP contribution in [0.2, 0.25) is 0 Å². The van der Waals surface area contributed by atoms with Crippen molar-refractivity contribution in [3.8, 4) is 39.1 Å². The van der Waals surface area contributed by atoms with Crippen LogP contribution < -0.4 is 0 Å². The van der Waals surface area contributed by atoms with Gasteiger partial charge in [-0.3, -0.25) is 9.97 Å². The molecule has 0 saturated heterocycles. The second-order valence-corrected chi connectivity index (χ2v) is 11.8. The van der Waals surface area contributed by atoms with Crippen molar-refractivity contribution in [1.29, 1.82) is 0 Å². The van der Waals surface area contributed by atoms with Gasteiger partial charge in [0, 0.05) is 40.6 Å². The number of nitrogens with zero attached hydrogens (tertiary/aromatic N) is 4. The largest absolute Gasteiger partial charge is 0.309 e. The molecule has 0 aliphatic rings. The predicted octanol–water partition coefficient (Wildman–Crippen LogP) is 11.4. The number of benzene rings is 6. The Bertz CT molecular complexity index is 2590. The first kappa shape index (κ1) is 26.8. The van der Waals surface area contributed by atoms with Gasteiger partial charge in [-0.25, -0.2) is 4.85 Å². The number of hydrogen-bond acceptors (Lipinski definition) is 2. The second kappa shape index (κ2) is 10.8. The third kappa shape index (κ3) is 4.29. The molecule has 218 valence electrons. The average molecular weight is 599 g/mol. The Morgan fingerprint density at radius 2 is 1.04 bits per heavy atom. The Morgan fingerprint density at radius 3 is 1.74 bits per heavy atom. The number of para-hydroxylation sites is 1. The molecule has 6 aromatic carbocycles. The second-order valence-electron chi connectivity index (χ2n) is 11.8. The fraction of sp³-hybridized carbons (Fsp3) is 0. The van der Waals surface area contributed by atoms with E-state index >= 15 is 0 Å². The number of fused-ring (bicyclic) bond motifs is 5. The van der Waals surface area contributed by atoms with Crippen LogP contribution in [0, 0.1) is 6.57 Å². The van der Waals surface area contributed by atoms with Crippen LogP contribution >= 0.6 is 0 Å². The third-order valence-electron chi connectivity index (χ3n) is 9.12. The van der Waals surface area contributed by atoms with Gasteiger partial charge in [-0.1, -0.05) is 97.1 Å². The maximum Gasteiger partial charge on any atom is 0.189 e. The summed E-state index contributed by atoms with van der Waals surface area (Å²) >= 11 is 0. The van der Waals surface area contributed by atoms with Crippen LogP contribution in [0.25, 0.3) is 87.3 Å². The number of hydrogen-bond donors (Lipinski definition) is 0. The molecular formula is C43H26N4. The van der Waals surface area contributed by atoms with Crippen molar-refractivity contribution in [2.24, 2.45) is 0 Å². The lowest BCUT2D eigenvalue weighted by Crippen LogP contribution is -1.95. The van der Waals surface area contributed by atoms with Gasteiger partial charge < -0.3 is 4.57 Å². The van der Waals surface area contributed by atoms with Crippen molar-refractivity contribution < 1.29 is 0 Å². The monoisotopic (exact) mass is 598 g/mol. The molecule has 3 aromatic heterocycles. The van der Waals surface area contributed by atoms with E-state index in [1.807, 2.05) is 36.9 Å². The maximum absolute atomic E-state index is 7.99. The van der Waals surface area contributed by atoms with E-state index in [9.17, 15) is 0 Å². The summed E-state index contributed by atoms with van der Waals surface area (Å²) in [7, 11) is 0. The van der Waals surface area contributed by atoms with Crippen molar-refractivity contribution in [3.05, 3.63) is 170 Å². The minimum absolute atomic E-state index is 0.570. The summed E-state index contributed by atoms with van der Waals surface area (Å²) in [6, 6.07) is 46.6. The fourth-order valence-corrected chi connectivity index (χ4v) is 7.14. The zero-order valence-electron chi connectivity index (χ0n) is 25.3. The summed E-state index contributed by atoms with van der Waals surface area (Å²) in [5, 5.41) is 7.05. The van der Waals surface area contributed by atoms with Crippen molar-refractivity contribution in [1.82, 2.24) is 14.5 Å². The van der Waals surface area contributed by atoms with Crippen LogP contribution in [-0.2, 0) is 0 Å². The number of pyridine rings is 2. The Hall–Kier alpha value is -6.57. The molecule has 47 heavy (non-hydrogen) atoms. The minimum atomic E-state index is 0.570. The highest BCUT2D eigenvalue weighted by molar-refractivity contribution is 6.21. The average Bonchev–Trinajstić information content (AvgIpc) is 3.48. The first-order valence-electron chi connectivity index (χ1n) is 15.6. The first-order chi connectivity index (χ1) is 23.3. The van der Waals surface area contributed by atoms with E-state index in [2.05, 4.69) is 136 Å². The topological polar surface area (TPSA) is 35.1 Å². The van der Waals surface area contributed by atoms with Crippen LogP contribution in [0.1, 0.15) is 0 Å². The first-order valence-corrected chi connectivity index (χ1v) is 15.6. The van der Waals surface area contributed by atoms with E-state index in [-0.39, 0.29) is 0 Å². The SMILES string of the molecule is [C-]#[N+]c1cc(-c2cncc(-c3c4ccccc4c(-c4ccccc4)c4ccccc34)c2)cc(-n2c3ccccc3c3ccncc32)c1. The fourth-order valence-electron chi connectivity index (χ4n) is 7.14. The molecule has 3 heterocycles. The van der Waals surface area contributed by atoms with Crippen molar-refractivity contribution in [2.75, 3.05) is 0 Å². The van der Waals surface area contributed by atoms with Crippen molar-refractivity contribution in [2.45, 2.75) is 0 Å². The number of rotatable bonds is 4. The molecule has 0 aliphatic carbocycles. The van der Waals surface area contributed by atoms with Gasteiger partial charge in [0.2, 0.25) is 0 Å². The molecule has 4 nitrogen and oxygen atoms in total. The third-order valence-corrected chi connectivity index (χ3v) is 9.12. The van der Waals surface area contributed by atoms with Crippen LogP contribution in [0.4, 0.5) is 5.69 Å². The van der Waals surface area contributed by atoms with E-state index < -0.39 is 0 Å². The molecule has 0 spiro atoms. The summed E-state index contributed by atoms with van der Waals surface area (Å²) in [5.74, 6) is 0. The summed E-state index contributed by atoms with van der Waals surface area (Å²) < 4.78 is 2.20. The summed E-state index contributed by atoms with van der Waals surface area (Å²) in [4.78, 5) is 13.1. The van der Waals surface area contributed by atoms with Crippen LogP contribution in [0.3, 0.4) is 0 Å². The molecular weight excluding hydrogens is 573 g/mol. The van der Waals surface area contributed by atoms with Crippen LogP contribution in [0.5, 0.6) is 0 Å². The molecule has 0 saturated carbocycles. The molecule has 0 amide bonds. The molecule has 0 atom stereocenters. The summed E-state index contributed by atoms with van der Waals surface area (Å²) in [5.41, 5.74) is 10.1. The summed E-state index contributed by atoms with van der Waals surface area (Å²) in [6.07, 6.45) is 7.58. The predicted molar refractivity (Wildman–Crippen MR) is 194 cm³/mol. The van der Waals surface area contributed by atoms with Gasteiger partial charge in [0.15, 0.2) is 5.69 Å². The molecule has 0 radical (unpaired) electrons. The van der Waals surface area contributed by atoms with E-state index in [0.717, 1.165) is 49.7 Å². The van der Waals surface area contributed by atoms with Crippen LogP contribution in [0.15, 0.2) is 158 Å². The normalized spacial score (nSPS) is 11.4. The maximum atomic E-state index is 7.99. The van der Waals surface area contributed by atoms with Gasteiger partial charge in [0.25, 0.3) is 0 Å². The van der Waals surface area contributed by atoms with E-state index in [4.69, 9.17) is 11.6 Å². The molecule has 0 N–H and O–H groups in total. The van der Waals surface area contributed by atoms with E-state index in [0.29, 0.717) is 5.69 Å². The van der Waals surface area contributed by atoms with Gasteiger partial charge in [0.1, 0.15) is 0 Å². The van der Waals surface area contributed by atoms with Gasteiger partial charge >= 0.3 is 0 Å². The standard InChI is InChI=1S/C43H26N4/c1-44-32-22-29(23-33(24-32)47-40-18-10-9-13-34(40)35-19-20-45-27-41(35)47)30-21-31(26-46-25-30)43-38-16-7-5-14-36(38)42(28-11-3-2-4-12-28)37-15-6-8-17-39(37)43/h2-27H. The lowest BCUT2D eigenvalue weighted by atomic mass is 9.86. The van der Waals surface area contributed by atoms with Crippen LogP contribution in [-0.4, -0.2) is 14.5 Å². The highest BCUT2D eigenvalue weighted by atomic mass is 15.0. The lowest BCUT2D eigenvalue weighted by molar-refractivity contribution is 1.17. The van der Waals surface area contributed by atoms with E-state index in [1.165, 1.54) is 32.7 Å². The van der Waals surface area contributed by atoms with Gasteiger partial charge in [-0.15, -0.1) is 0 Å². The minimum Gasteiger partial charge on any atom is -0.309 e. The smallest absolute Gasteiger partial charge is 0.189 e. The van der Waals surface area contributed by atoms with Crippen molar-refractivity contribution >= 4 is 49.0 Å². The Kier molecular flexibility index (Phi) is 6.16. The van der Waals surface area contributed by atoms with Gasteiger partial charge in [0.05, 0.1) is 23.8 Å². The molecule has 9 aromatic rings. The van der Waals surface area contributed by atoms with Gasteiger partial charge in [-0.2, -0.15) is 0 Å². The Labute approximate surface area is 271 Å². The molecule has 0 bridgehead atoms. The zero-order valence-corrected chi connectivity index (χ0v) is 25.3. The zero-order chi connectivity index (χ0) is 31.3. The quantitative estimate of drug-likeness (QED) is 0.149. The lowest BCUT2D eigenvalue weighted by Gasteiger charge is -2.18. The highest BCUT2D eigenvalue weighted by Gasteiger charge is 2.18. The van der Waals surface area contributed by atoms with Crippen molar-refractivity contribution in [3.63, 3.8) is 0 Å². The molecule has 0 unspecified atom stereocenters. The Morgan fingerprint density at radius 1 is 0.447 bits per heavy atom. The molecule has 4 heteroatoms. The molecule has 0 aliphatic heterocycles. The highest BCUT2D eigenvalue weighted by Crippen LogP contribution is 2.44.